The summed E-state index contributed by atoms with van der Waals surface area (Å²) in [6.07, 6.45) is 5.57. The number of carbonyl (C=O) groups excluding carboxylic acids is 1. The summed E-state index contributed by atoms with van der Waals surface area (Å²) in [5, 5.41) is 0. The Balaban J connectivity index is 1.68. The van der Waals surface area contributed by atoms with Crippen LogP contribution in [0.15, 0.2) is 42.7 Å². The second-order valence-corrected chi connectivity index (χ2v) is 7.10. The van der Waals surface area contributed by atoms with Gasteiger partial charge in [0.05, 0.1) is 12.4 Å². The summed E-state index contributed by atoms with van der Waals surface area (Å²) in [5.41, 5.74) is 1.72. The number of hydrogen-bond donors (Lipinski definition) is 0. The predicted molar refractivity (Wildman–Crippen MR) is 103 cm³/mol. The summed E-state index contributed by atoms with van der Waals surface area (Å²) < 4.78 is 0. The number of likely N-dealkylation sites (N-methyl/N-ethyl adjacent to an activating group) is 1. The van der Waals surface area contributed by atoms with E-state index in [2.05, 4.69) is 51.1 Å². The summed E-state index contributed by atoms with van der Waals surface area (Å²) in [6, 6.07) is 11.0. The monoisotopic (exact) mass is 353 g/mol. The van der Waals surface area contributed by atoms with Crippen molar-refractivity contribution < 1.29 is 4.79 Å². The van der Waals surface area contributed by atoms with Crippen LogP contribution in [0.5, 0.6) is 0 Å². The first-order valence-electron chi connectivity index (χ1n) is 9.07. The molecular weight excluding hydrogens is 326 g/mol. The van der Waals surface area contributed by atoms with Gasteiger partial charge >= 0.3 is 0 Å². The number of anilines is 1. The number of rotatable bonds is 5. The zero-order chi connectivity index (χ0) is 18.5. The van der Waals surface area contributed by atoms with Gasteiger partial charge in [0, 0.05) is 39.8 Å². The topological polar surface area (TPSA) is 52.6 Å². The summed E-state index contributed by atoms with van der Waals surface area (Å²) in [6.45, 7) is 2.78. The maximum Gasteiger partial charge on any atom is 0.273 e. The van der Waals surface area contributed by atoms with Crippen LogP contribution in [0.25, 0.3) is 0 Å². The minimum Gasteiger partial charge on any atom is -0.354 e. The first kappa shape index (κ1) is 18.3. The number of carbonyl (C=O) groups is 1. The van der Waals surface area contributed by atoms with Crippen LogP contribution in [0.3, 0.4) is 0 Å². The second kappa shape index (κ2) is 8.27. The zero-order valence-corrected chi connectivity index (χ0v) is 15.8. The highest BCUT2D eigenvalue weighted by atomic mass is 16.2. The van der Waals surface area contributed by atoms with Gasteiger partial charge in [-0.3, -0.25) is 14.7 Å². The van der Waals surface area contributed by atoms with Gasteiger partial charge in [-0.05, 0) is 25.5 Å². The number of hydrogen-bond acceptors (Lipinski definition) is 5. The van der Waals surface area contributed by atoms with Crippen molar-refractivity contribution in [1.29, 1.82) is 0 Å². The Labute approximate surface area is 155 Å². The fraction of sp³-hybridized carbons (Fsp3) is 0.450. The quantitative estimate of drug-likeness (QED) is 0.825. The van der Waals surface area contributed by atoms with Crippen LogP contribution < -0.4 is 4.90 Å². The molecule has 1 fully saturated rings. The third-order valence-corrected chi connectivity index (χ3v) is 4.87. The first-order valence-corrected chi connectivity index (χ1v) is 9.07. The van der Waals surface area contributed by atoms with Crippen molar-refractivity contribution in [1.82, 2.24) is 19.8 Å². The number of piperidine rings is 1. The summed E-state index contributed by atoms with van der Waals surface area (Å²) in [4.78, 5) is 27.1. The molecule has 2 aromatic rings. The van der Waals surface area contributed by atoms with Crippen molar-refractivity contribution >= 4 is 11.7 Å². The van der Waals surface area contributed by atoms with E-state index in [0.29, 0.717) is 11.7 Å². The van der Waals surface area contributed by atoms with Crippen molar-refractivity contribution in [2.45, 2.75) is 25.4 Å². The van der Waals surface area contributed by atoms with Gasteiger partial charge in [-0.25, -0.2) is 4.98 Å². The molecular formula is C20H27N5O. The number of nitrogens with zero attached hydrogens (tertiary/aromatic N) is 5. The van der Waals surface area contributed by atoms with Crippen molar-refractivity contribution in [3.8, 4) is 0 Å². The summed E-state index contributed by atoms with van der Waals surface area (Å²) in [5.74, 6) is 0.671. The van der Waals surface area contributed by atoms with Crippen molar-refractivity contribution in [3.05, 3.63) is 54.0 Å². The molecule has 26 heavy (non-hydrogen) atoms. The molecule has 1 aliphatic rings. The van der Waals surface area contributed by atoms with Crippen molar-refractivity contribution in [2.24, 2.45) is 0 Å². The van der Waals surface area contributed by atoms with E-state index in [1.807, 2.05) is 6.07 Å². The van der Waals surface area contributed by atoms with Crippen LogP contribution in [0.4, 0.5) is 5.82 Å². The molecule has 1 aliphatic heterocycles. The van der Waals surface area contributed by atoms with E-state index in [-0.39, 0.29) is 5.91 Å². The minimum absolute atomic E-state index is 0.117. The van der Waals surface area contributed by atoms with Gasteiger partial charge in [0.15, 0.2) is 0 Å². The lowest BCUT2D eigenvalue weighted by Crippen LogP contribution is -2.46. The van der Waals surface area contributed by atoms with Crippen LogP contribution >= 0.6 is 0 Å². The molecule has 0 unspecified atom stereocenters. The average Bonchev–Trinajstić information content (AvgIpc) is 2.68. The highest BCUT2D eigenvalue weighted by Gasteiger charge is 2.25. The van der Waals surface area contributed by atoms with E-state index in [1.54, 1.807) is 20.3 Å². The molecule has 0 saturated carbocycles. The van der Waals surface area contributed by atoms with Crippen LogP contribution in [0, 0.1) is 0 Å². The van der Waals surface area contributed by atoms with Crippen molar-refractivity contribution in [2.75, 3.05) is 39.1 Å². The zero-order valence-electron chi connectivity index (χ0n) is 15.8. The maximum absolute atomic E-state index is 12.2. The Morgan fingerprint density at radius 3 is 2.69 bits per heavy atom. The highest BCUT2D eigenvalue weighted by molar-refractivity contribution is 5.91. The molecule has 0 radical (unpaired) electrons. The lowest BCUT2D eigenvalue weighted by molar-refractivity contribution is 0.0821. The molecule has 1 amide bonds. The van der Waals surface area contributed by atoms with Crippen LogP contribution in [0.1, 0.15) is 28.9 Å². The molecule has 0 spiro atoms. The minimum atomic E-state index is -0.117. The van der Waals surface area contributed by atoms with E-state index < -0.39 is 0 Å². The average molecular weight is 353 g/mol. The number of benzene rings is 1. The van der Waals surface area contributed by atoms with Crippen LogP contribution in [-0.4, -0.2) is 65.9 Å². The molecule has 2 heterocycles. The lowest BCUT2D eigenvalue weighted by atomic mass is 10.0. The molecule has 0 N–H and O–H groups in total. The van der Waals surface area contributed by atoms with Crippen molar-refractivity contribution in [3.63, 3.8) is 0 Å². The van der Waals surface area contributed by atoms with E-state index in [4.69, 9.17) is 0 Å². The van der Waals surface area contributed by atoms with Gasteiger partial charge in [-0.1, -0.05) is 30.3 Å². The first-order chi connectivity index (χ1) is 12.5. The third-order valence-electron chi connectivity index (χ3n) is 4.87. The fourth-order valence-electron chi connectivity index (χ4n) is 3.36. The molecule has 0 aliphatic carbocycles. The second-order valence-electron chi connectivity index (χ2n) is 7.10. The molecule has 0 bridgehead atoms. The Morgan fingerprint density at radius 2 is 1.96 bits per heavy atom. The van der Waals surface area contributed by atoms with Gasteiger partial charge < -0.3 is 9.80 Å². The Morgan fingerprint density at radius 1 is 1.19 bits per heavy atom. The number of amides is 1. The fourth-order valence-corrected chi connectivity index (χ4v) is 3.36. The Hall–Kier alpha value is -2.47. The summed E-state index contributed by atoms with van der Waals surface area (Å²) in [7, 11) is 5.64. The molecule has 3 rings (SSSR count). The molecule has 6 heteroatoms. The van der Waals surface area contributed by atoms with Crippen LogP contribution in [-0.2, 0) is 6.54 Å². The van der Waals surface area contributed by atoms with Gasteiger partial charge in [-0.2, -0.15) is 0 Å². The molecule has 1 aromatic carbocycles. The highest BCUT2D eigenvalue weighted by Crippen LogP contribution is 2.21. The van der Waals surface area contributed by atoms with Crippen LogP contribution in [0.2, 0.25) is 0 Å². The predicted octanol–water partition coefficient (Wildman–Crippen LogP) is 2.28. The standard InChI is InChI=1S/C20H27N5O/c1-23(2)20(26)18-12-21-13-19(22-18)25-11-7-10-17(15-25)24(3)14-16-8-5-4-6-9-16/h4-6,8-9,12-13,17H,7,10-11,14-15H2,1-3H3/t17-/m1/s1. The number of aromatic nitrogens is 2. The van der Waals surface area contributed by atoms with E-state index in [0.717, 1.165) is 31.9 Å². The normalized spacial score (nSPS) is 17.4. The maximum atomic E-state index is 12.2. The van der Waals surface area contributed by atoms with E-state index in [1.165, 1.54) is 23.1 Å². The molecule has 1 atom stereocenters. The molecule has 1 saturated heterocycles. The van der Waals surface area contributed by atoms with Gasteiger partial charge in [0.25, 0.3) is 5.91 Å². The Kier molecular flexibility index (Phi) is 5.83. The van der Waals surface area contributed by atoms with E-state index in [9.17, 15) is 4.79 Å². The SMILES string of the molecule is CN(C)C(=O)c1cncc(N2CCC[C@@H](N(C)Cc3ccccc3)C2)n1. The van der Waals surface area contributed by atoms with Gasteiger partial charge in [-0.15, -0.1) is 0 Å². The largest absolute Gasteiger partial charge is 0.354 e. The molecule has 138 valence electrons. The smallest absolute Gasteiger partial charge is 0.273 e. The molecule has 1 aromatic heterocycles. The van der Waals surface area contributed by atoms with Gasteiger partial charge in [0.2, 0.25) is 0 Å². The molecule has 6 nitrogen and oxygen atoms in total. The summed E-state index contributed by atoms with van der Waals surface area (Å²) >= 11 is 0. The third kappa shape index (κ3) is 4.38. The van der Waals surface area contributed by atoms with Gasteiger partial charge in [0.1, 0.15) is 11.5 Å². The Bertz CT molecular complexity index is 734. The van der Waals surface area contributed by atoms with E-state index >= 15 is 0 Å². The lowest BCUT2D eigenvalue weighted by Gasteiger charge is -2.38.